The standard InChI is InChI=1S/C12H11FN4O4/c13-10-5-8(1-3-11(10)17(20)21)6-16-7-9(14-15-16)2-4-12(18)19/h1,3,5,7H,2,4,6H2,(H,18,19). The van der Waals surface area contributed by atoms with Crippen LogP contribution in [0.1, 0.15) is 17.7 Å². The Morgan fingerprint density at radius 2 is 2.24 bits per heavy atom. The van der Waals surface area contributed by atoms with Gasteiger partial charge >= 0.3 is 11.7 Å². The van der Waals surface area contributed by atoms with Crippen molar-refractivity contribution in [2.24, 2.45) is 0 Å². The summed E-state index contributed by atoms with van der Waals surface area (Å²) in [6, 6.07) is 3.59. The maximum Gasteiger partial charge on any atom is 0.304 e. The Labute approximate surface area is 118 Å². The lowest BCUT2D eigenvalue weighted by Gasteiger charge is -2.01. The third-order valence-electron chi connectivity index (χ3n) is 2.73. The van der Waals surface area contributed by atoms with Crippen molar-refractivity contribution in [2.45, 2.75) is 19.4 Å². The van der Waals surface area contributed by atoms with Gasteiger partial charge in [0.05, 0.1) is 23.6 Å². The number of nitro groups is 1. The number of aryl methyl sites for hydroxylation is 1. The van der Waals surface area contributed by atoms with Crippen LogP contribution in [0.4, 0.5) is 10.1 Å². The molecular formula is C12H11FN4O4. The average molecular weight is 294 g/mol. The van der Waals surface area contributed by atoms with Gasteiger partial charge in [-0.15, -0.1) is 5.10 Å². The largest absolute Gasteiger partial charge is 0.481 e. The predicted molar refractivity (Wildman–Crippen MR) is 68.1 cm³/mol. The van der Waals surface area contributed by atoms with Gasteiger partial charge in [-0.1, -0.05) is 11.3 Å². The van der Waals surface area contributed by atoms with Crippen LogP contribution in [0.25, 0.3) is 0 Å². The molecular weight excluding hydrogens is 283 g/mol. The summed E-state index contributed by atoms with van der Waals surface area (Å²) < 4.78 is 14.9. The minimum absolute atomic E-state index is 0.0507. The molecule has 1 aromatic carbocycles. The summed E-state index contributed by atoms with van der Waals surface area (Å²) in [5.41, 5.74) is 0.423. The summed E-state index contributed by atoms with van der Waals surface area (Å²) in [7, 11) is 0. The summed E-state index contributed by atoms with van der Waals surface area (Å²) in [5.74, 6) is -1.84. The predicted octanol–water partition coefficient (Wildman–Crippen LogP) is 1.39. The summed E-state index contributed by atoms with van der Waals surface area (Å²) in [4.78, 5) is 20.2. The van der Waals surface area contributed by atoms with Crippen molar-refractivity contribution < 1.29 is 19.2 Å². The maximum atomic E-state index is 13.5. The zero-order valence-corrected chi connectivity index (χ0v) is 10.8. The van der Waals surface area contributed by atoms with Crippen molar-refractivity contribution >= 4 is 11.7 Å². The molecule has 1 N–H and O–H groups in total. The van der Waals surface area contributed by atoms with Gasteiger partial charge in [-0.25, -0.2) is 4.68 Å². The lowest BCUT2D eigenvalue weighted by Crippen LogP contribution is -2.02. The van der Waals surface area contributed by atoms with Gasteiger partial charge in [0.25, 0.3) is 0 Å². The smallest absolute Gasteiger partial charge is 0.304 e. The van der Waals surface area contributed by atoms with Gasteiger partial charge in [-0.05, 0) is 11.6 Å². The van der Waals surface area contributed by atoms with E-state index in [0.717, 1.165) is 12.1 Å². The molecule has 0 bridgehead atoms. The van der Waals surface area contributed by atoms with Crippen LogP contribution in [0.3, 0.4) is 0 Å². The van der Waals surface area contributed by atoms with Gasteiger partial charge in [0.2, 0.25) is 5.82 Å². The van der Waals surface area contributed by atoms with Crippen LogP contribution in [-0.4, -0.2) is 31.0 Å². The second-order valence-electron chi connectivity index (χ2n) is 4.34. The maximum absolute atomic E-state index is 13.5. The van der Waals surface area contributed by atoms with Crippen molar-refractivity contribution in [3.8, 4) is 0 Å². The Bertz CT molecular complexity index is 686. The van der Waals surface area contributed by atoms with Crippen molar-refractivity contribution in [1.29, 1.82) is 0 Å². The molecule has 0 unspecified atom stereocenters. The van der Waals surface area contributed by atoms with Crippen LogP contribution >= 0.6 is 0 Å². The number of hydrogen-bond acceptors (Lipinski definition) is 5. The average Bonchev–Trinajstić information content (AvgIpc) is 2.83. The number of aromatic nitrogens is 3. The summed E-state index contributed by atoms with van der Waals surface area (Å²) >= 11 is 0. The first-order valence-corrected chi connectivity index (χ1v) is 5.99. The molecule has 9 heteroatoms. The number of benzene rings is 1. The summed E-state index contributed by atoms with van der Waals surface area (Å²) in [6.45, 7) is 0.189. The van der Waals surface area contributed by atoms with E-state index < -0.39 is 22.4 Å². The molecule has 0 fully saturated rings. The number of nitrogens with zero attached hydrogens (tertiary/aromatic N) is 4. The van der Waals surface area contributed by atoms with Crippen LogP contribution in [0.15, 0.2) is 24.4 Å². The fraction of sp³-hybridized carbons (Fsp3) is 0.250. The second kappa shape index (κ2) is 6.07. The number of aliphatic carboxylic acids is 1. The van der Waals surface area contributed by atoms with Crippen molar-refractivity contribution in [1.82, 2.24) is 15.0 Å². The molecule has 0 saturated carbocycles. The minimum atomic E-state index is -0.929. The fourth-order valence-electron chi connectivity index (χ4n) is 1.75. The van der Waals surface area contributed by atoms with Gasteiger partial charge in [-0.2, -0.15) is 4.39 Å². The molecule has 0 atom stereocenters. The van der Waals surface area contributed by atoms with Gasteiger partial charge < -0.3 is 5.11 Å². The monoisotopic (exact) mass is 294 g/mol. The lowest BCUT2D eigenvalue weighted by atomic mass is 10.2. The quantitative estimate of drug-likeness (QED) is 0.636. The Morgan fingerprint density at radius 3 is 2.86 bits per heavy atom. The molecule has 21 heavy (non-hydrogen) atoms. The van der Waals surface area contributed by atoms with Gasteiger partial charge in [-0.3, -0.25) is 14.9 Å². The third kappa shape index (κ3) is 3.81. The highest BCUT2D eigenvalue weighted by molar-refractivity contribution is 5.66. The molecule has 0 spiro atoms. The molecule has 0 aliphatic rings. The van der Waals surface area contributed by atoms with Crippen molar-refractivity contribution in [3.05, 3.63) is 51.6 Å². The number of hydrogen-bond donors (Lipinski definition) is 1. The molecule has 8 nitrogen and oxygen atoms in total. The van der Waals surface area contributed by atoms with Gasteiger partial charge in [0.15, 0.2) is 0 Å². The highest BCUT2D eigenvalue weighted by Gasteiger charge is 2.14. The summed E-state index contributed by atoms with van der Waals surface area (Å²) in [5, 5.41) is 26.7. The van der Waals surface area contributed by atoms with Crippen LogP contribution in [-0.2, 0) is 17.8 Å². The first-order valence-electron chi connectivity index (χ1n) is 5.99. The van der Waals surface area contributed by atoms with Crippen LogP contribution in [0, 0.1) is 15.9 Å². The van der Waals surface area contributed by atoms with E-state index in [1.165, 1.54) is 10.7 Å². The van der Waals surface area contributed by atoms with Crippen molar-refractivity contribution in [3.63, 3.8) is 0 Å². The number of carbonyl (C=O) groups is 1. The van der Waals surface area contributed by atoms with E-state index >= 15 is 0 Å². The first-order chi connectivity index (χ1) is 9.95. The first kappa shape index (κ1) is 14.6. The number of halogens is 1. The minimum Gasteiger partial charge on any atom is -0.481 e. The molecule has 0 radical (unpaired) electrons. The van der Waals surface area contributed by atoms with E-state index in [2.05, 4.69) is 10.3 Å². The van der Waals surface area contributed by atoms with Gasteiger partial charge in [0, 0.05) is 18.7 Å². The van der Waals surface area contributed by atoms with E-state index in [1.807, 2.05) is 0 Å². The Kier molecular flexibility index (Phi) is 4.21. The molecule has 0 saturated heterocycles. The molecule has 0 aliphatic heterocycles. The van der Waals surface area contributed by atoms with E-state index in [4.69, 9.17) is 5.11 Å². The van der Waals surface area contributed by atoms with Crippen molar-refractivity contribution in [2.75, 3.05) is 0 Å². The second-order valence-corrected chi connectivity index (χ2v) is 4.34. The van der Waals surface area contributed by atoms with Crippen LogP contribution in [0.5, 0.6) is 0 Å². The normalized spacial score (nSPS) is 10.5. The molecule has 110 valence electrons. The van der Waals surface area contributed by atoms with Crippen LogP contribution in [0.2, 0.25) is 0 Å². The number of nitro benzene ring substituents is 1. The highest BCUT2D eigenvalue weighted by atomic mass is 19.1. The van der Waals surface area contributed by atoms with E-state index in [0.29, 0.717) is 11.3 Å². The molecule has 1 heterocycles. The number of carboxylic acid groups (broad SMARTS) is 1. The Balaban J connectivity index is 2.06. The number of carboxylic acids is 1. The van der Waals surface area contributed by atoms with E-state index in [-0.39, 0.29) is 19.4 Å². The Morgan fingerprint density at radius 1 is 1.48 bits per heavy atom. The third-order valence-corrected chi connectivity index (χ3v) is 2.73. The van der Waals surface area contributed by atoms with E-state index in [1.54, 1.807) is 6.20 Å². The molecule has 0 amide bonds. The fourth-order valence-corrected chi connectivity index (χ4v) is 1.75. The zero-order chi connectivity index (χ0) is 15.4. The zero-order valence-electron chi connectivity index (χ0n) is 10.8. The molecule has 1 aromatic heterocycles. The van der Waals surface area contributed by atoms with Crippen LogP contribution < -0.4 is 0 Å². The topological polar surface area (TPSA) is 111 Å². The summed E-state index contributed by atoms with van der Waals surface area (Å²) in [6.07, 6.45) is 1.76. The molecule has 2 aromatic rings. The van der Waals surface area contributed by atoms with E-state index in [9.17, 15) is 19.3 Å². The Hall–Kier alpha value is -2.84. The molecule has 2 rings (SSSR count). The van der Waals surface area contributed by atoms with Gasteiger partial charge in [0.1, 0.15) is 0 Å². The highest BCUT2D eigenvalue weighted by Crippen LogP contribution is 2.18. The number of rotatable bonds is 6. The molecule has 0 aliphatic carbocycles. The lowest BCUT2D eigenvalue weighted by molar-refractivity contribution is -0.387. The SMILES string of the molecule is O=C(O)CCc1cn(Cc2ccc([N+](=O)[O-])c(F)c2)nn1.